The van der Waals surface area contributed by atoms with Gasteiger partial charge in [0.2, 0.25) is 0 Å². The minimum Gasteiger partial charge on any atom is -0.337 e. The van der Waals surface area contributed by atoms with Crippen LogP contribution in [-0.2, 0) is 24.7 Å². The van der Waals surface area contributed by atoms with Crippen molar-refractivity contribution in [2.24, 2.45) is 0 Å². The molecule has 2 aromatic rings. The smallest absolute Gasteiger partial charge is 0.264 e. The number of nitrogens with zero attached hydrogens (tertiary/aromatic N) is 2. The van der Waals surface area contributed by atoms with Gasteiger partial charge in [-0.2, -0.15) is 5.10 Å². The number of amides is 1. The maximum atomic E-state index is 13.2. The van der Waals surface area contributed by atoms with Gasteiger partial charge in [-0.25, -0.2) is 0 Å². The van der Waals surface area contributed by atoms with Crippen LogP contribution in [0, 0.1) is 0 Å². The molecular formula is C19H23N3OS. The standard InChI is InChI=1S/C19H23N3OS/c23-18(16-15-5-2-1-4-14(15)11-24-16)22-9-3-7-19(12-22)8-6-13-10-20-21-17(13)19/h10-11H,1-9,12H2,(H,20,21). The van der Waals surface area contributed by atoms with Crippen molar-refractivity contribution in [2.45, 2.75) is 56.8 Å². The normalized spacial score (nSPS) is 25.8. The molecule has 5 heteroatoms. The third-order valence-electron chi connectivity index (χ3n) is 6.28. The van der Waals surface area contributed by atoms with Gasteiger partial charge in [0.25, 0.3) is 5.91 Å². The molecule has 3 aliphatic rings. The van der Waals surface area contributed by atoms with Crippen LogP contribution < -0.4 is 0 Å². The van der Waals surface area contributed by atoms with Crippen LogP contribution in [-0.4, -0.2) is 34.1 Å². The van der Waals surface area contributed by atoms with Gasteiger partial charge < -0.3 is 4.90 Å². The predicted molar refractivity (Wildman–Crippen MR) is 94.7 cm³/mol. The zero-order valence-electron chi connectivity index (χ0n) is 13.9. The van der Waals surface area contributed by atoms with Crippen LogP contribution in [0.1, 0.15) is 64.2 Å². The third-order valence-corrected chi connectivity index (χ3v) is 7.34. The Morgan fingerprint density at radius 1 is 1.17 bits per heavy atom. The number of aromatic amines is 1. The summed E-state index contributed by atoms with van der Waals surface area (Å²) >= 11 is 1.67. The molecule has 5 rings (SSSR count). The molecule has 1 saturated heterocycles. The third kappa shape index (κ3) is 2.10. The van der Waals surface area contributed by atoms with Crippen molar-refractivity contribution in [3.63, 3.8) is 0 Å². The summed E-state index contributed by atoms with van der Waals surface area (Å²) in [5, 5.41) is 9.71. The van der Waals surface area contributed by atoms with E-state index in [-0.39, 0.29) is 11.3 Å². The molecule has 1 unspecified atom stereocenters. The number of carbonyl (C=O) groups is 1. The molecule has 0 aromatic carbocycles. The molecule has 1 fully saturated rings. The fourth-order valence-corrected chi connectivity index (χ4v) is 6.14. The molecule has 1 amide bonds. The molecule has 2 aliphatic carbocycles. The Labute approximate surface area is 146 Å². The molecule has 0 saturated carbocycles. The lowest BCUT2D eigenvalue weighted by Crippen LogP contribution is -2.47. The van der Waals surface area contributed by atoms with E-state index in [2.05, 4.69) is 20.5 Å². The van der Waals surface area contributed by atoms with Crippen molar-refractivity contribution in [1.82, 2.24) is 15.1 Å². The largest absolute Gasteiger partial charge is 0.337 e. The summed E-state index contributed by atoms with van der Waals surface area (Å²) < 4.78 is 0. The number of likely N-dealkylation sites (tertiary alicyclic amines) is 1. The molecule has 1 aliphatic heterocycles. The highest BCUT2D eigenvalue weighted by Gasteiger charge is 2.44. The SMILES string of the molecule is O=C(c1scc2c1CCCC2)N1CCCC2(CCc3cn[nH]c32)C1. The maximum Gasteiger partial charge on any atom is 0.264 e. The number of aromatic nitrogens is 2. The number of piperidine rings is 1. The lowest BCUT2D eigenvalue weighted by Gasteiger charge is -2.40. The van der Waals surface area contributed by atoms with Crippen LogP contribution in [0.3, 0.4) is 0 Å². The van der Waals surface area contributed by atoms with Crippen LogP contribution in [0.5, 0.6) is 0 Å². The van der Waals surface area contributed by atoms with E-state index in [4.69, 9.17) is 0 Å². The topological polar surface area (TPSA) is 49.0 Å². The van der Waals surface area contributed by atoms with E-state index in [0.29, 0.717) is 0 Å². The summed E-state index contributed by atoms with van der Waals surface area (Å²) in [6, 6.07) is 0. The summed E-state index contributed by atoms with van der Waals surface area (Å²) in [4.78, 5) is 16.4. The first-order chi connectivity index (χ1) is 11.8. The lowest BCUT2D eigenvalue weighted by atomic mass is 9.77. The number of aryl methyl sites for hydroxylation is 2. The number of hydrogen-bond acceptors (Lipinski definition) is 3. The Hall–Kier alpha value is -1.62. The summed E-state index contributed by atoms with van der Waals surface area (Å²) in [6.07, 6.45) is 11.2. The van der Waals surface area contributed by atoms with Crippen molar-refractivity contribution < 1.29 is 4.79 Å². The number of fused-ring (bicyclic) bond motifs is 3. The van der Waals surface area contributed by atoms with Gasteiger partial charge in [0, 0.05) is 24.2 Å². The zero-order valence-corrected chi connectivity index (χ0v) is 14.8. The Kier molecular flexibility index (Phi) is 3.34. The highest BCUT2D eigenvalue weighted by molar-refractivity contribution is 7.12. The average molecular weight is 341 g/mol. The van der Waals surface area contributed by atoms with Crippen molar-refractivity contribution in [3.8, 4) is 0 Å². The fraction of sp³-hybridized carbons (Fsp3) is 0.579. The van der Waals surface area contributed by atoms with Crippen molar-refractivity contribution in [3.05, 3.63) is 38.8 Å². The molecule has 1 N–H and O–H groups in total. The number of thiophene rings is 1. The van der Waals surface area contributed by atoms with Crippen molar-refractivity contribution in [2.75, 3.05) is 13.1 Å². The molecule has 24 heavy (non-hydrogen) atoms. The Morgan fingerprint density at radius 3 is 3.04 bits per heavy atom. The van der Waals surface area contributed by atoms with E-state index in [9.17, 15) is 4.79 Å². The molecular weight excluding hydrogens is 318 g/mol. The molecule has 2 aromatic heterocycles. The van der Waals surface area contributed by atoms with Crippen LogP contribution >= 0.6 is 11.3 Å². The molecule has 1 atom stereocenters. The molecule has 0 bridgehead atoms. The van der Waals surface area contributed by atoms with Crippen LogP contribution in [0.2, 0.25) is 0 Å². The van der Waals surface area contributed by atoms with Crippen LogP contribution in [0.15, 0.2) is 11.6 Å². The average Bonchev–Trinajstić information content (AvgIpc) is 3.32. The number of nitrogens with one attached hydrogen (secondary N) is 1. The van der Waals surface area contributed by atoms with Crippen molar-refractivity contribution in [1.29, 1.82) is 0 Å². The van der Waals surface area contributed by atoms with Gasteiger partial charge in [0.05, 0.1) is 11.1 Å². The first-order valence-electron chi connectivity index (χ1n) is 9.18. The lowest BCUT2D eigenvalue weighted by molar-refractivity contribution is 0.0636. The summed E-state index contributed by atoms with van der Waals surface area (Å²) in [7, 11) is 0. The molecule has 1 spiro atoms. The van der Waals surface area contributed by atoms with E-state index in [1.165, 1.54) is 41.6 Å². The minimum absolute atomic E-state index is 0.122. The van der Waals surface area contributed by atoms with Gasteiger partial charge in [-0.1, -0.05) is 0 Å². The van der Waals surface area contributed by atoms with Gasteiger partial charge in [-0.3, -0.25) is 9.89 Å². The van der Waals surface area contributed by atoms with Gasteiger partial charge in [-0.15, -0.1) is 11.3 Å². The highest BCUT2D eigenvalue weighted by Crippen LogP contribution is 2.44. The van der Waals surface area contributed by atoms with Crippen LogP contribution in [0.4, 0.5) is 0 Å². The van der Waals surface area contributed by atoms with Gasteiger partial charge in [-0.05, 0) is 73.4 Å². The molecule has 4 nitrogen and oxygen atoms in total. The zero-order chi connectivity index (χ0) is 16.1. The van der Waals surface area contributed by atoms with E-state index in [0.717, 1.165) is 50.1 Å². The number of carbonyl (C=O) groups excluding carboxylic acids is 1. The first-order valence-corrected chi connectivity index (χ1v) is 10.1. The maximum absolute atomic E-state index is 13.2. The Morgan fingerprint density at radius 2 is 2.08 bits per heavy atom. The van der Waals surface area contributed by atoms with E-state index in [1.54, 1.807) is 11.3 Å². The second-order valence-electron chi connectivity index (χ2n) is 7.66. The fourth-order valence-electron chi connectivity index (χ4n) is 5.01. The van der Waals surface area contributed by atoms with Gasteiger partial charge >= 0.3 is 0 Å². The quantitative estimate of drug-likeness (QED) is 0.863. The van der Waals surface area contributed by atoms with E-state index >= 15 is 0 Å². The second-order valence-corrected chi connectivity index (χ2v) is 8.54. The predicted octanol–water partition coefficient (Wildman–Crippen LogP) is 3.47. The Bertz CT molecular complexity index is 792. The summed E-state index contributed by atoms with van der Waals surface area (Å²) in [5.41, 5.74) is 5.56. The monoisotopic (exact) mass is 341 g/mol. The molecule has 126 valence electrons. The van der Waals surface area contributed by atoms with Crippen molar-refractivity contribution >= 4 is 17.2 Å². The summed E-state index contributed by atoms with van der Waals surface area (Å²) in [6.45, 7) is 1.75. The van der Waals surface area contributed by atoms with Crippen LogP contribution in [0.25, 0.3) is 0 Å². The van der Waals surface area contributed by atoms with E-state index < -0.39 is 0 Å². The number of rotatable bonds is 1. The number of hydrogen-bond donors (Lipinski definition) is 1. The first kappa shape index (κ1) is 14.7. The van der Waals surface area contributed by atoms with Gasteiger partial charge in [0.15, 0.2) is 0 Å². The Balaban J connectivity index is 1.43. The minimum atomic E-state index is 0.122. The second kappa shape index (κ2) is 5.45. The van der Waals surface area contributed by atoms with E-state index in [1.807, 2.05) is 6.20 Å². The van der Waals surface area contributed by atoms with Gasteiger partial charge in [0.1, 0.15) is 0 Å². The summed E-state index contributed by atoms with van der Waals surface area (Å²) in [5.74, 6) is 0.273. The highest BCUT2D eigenvalue weighted by atomic mass is 32.1. The molecule has 0 radical (unpaired) electrons. The number of H-pyrrole nitrogens is 1. The molecule has 3 heterocycles.